The van der Waals surface area contributed by atoms with Crippen LogP contribution in [0.2, 0.25) is 0 Å². The highest BCUT2D eigenvalue weighted by molar-refractivity contribution is 6.62. The van der Waals surface area contributed by atoms with Crippen molar-refractivity contribution in [2.45, 2.75) is 45.3 Å². The van der Waals surface area contributed by atoms with Crippen molar-refractivity contribution in [3.63, 3.8) is 0 Å². The maximum Gasteiger partial charge on any atom is 0.494 e. The zero-order valence-electron chi connectivity index (χ0n) is 15.3. The predicted octanol–water partition coefficient (Wildman–Crippen LogP) is 1.85. The van der Waals surface area contributed by atoms with Crippen molar-refractivity contribution in [1.29, 1.82) is 0 Å². The van der Waals surface area contributed by atoms with Gasteiger partial charge in [-0.15, -0.1) is 10.2 Å². The van der Waals surface area contributed by atoms with Crippen LogP contribution in [-0.4, -0.2) is 46.3 Å². The molecular weight excluding hydrogens is 337 g/mol. The zero-order valence-corrected chi connectivity index (χ0v) is 15.3. The van der Waals surface area contributed by atoms with E-state index in [-0.39, 0.29) is 17.7 Å². The maximum absolute atomic E-state index is 10.4. The van der Waals surface area contributed by atoms with E-state index in [1.54, 1.807) is 0 Å². The molecule has 2 N–H and O–H groups in total. The average Bonchev–Trinajstić information content (AvgIpc) is 3.10. The van der Waals surface area contributed by atoms with E-state index in [0.717, 1.165) is 11.0 Å². The van der Waals surface area contributed by atoms with E-state index in [0.29, 0.717) is 18.2 Å². The van der Waals surface area contributed by atoms with Gasteiger partial charge in [-0.3, -0.25) is 0 Å². The molecule has 0 atom stereocenters. The van der Waals surface area contributed by atoms with Gasteiger partial charge in [0.05, 0.1) is 11.2 Å². The Kier molecular flexibility index (Phi) is 4.77. The third kappa shape index (κ3) is 3.73. The Balaban J connectivity index is 1.67. The van der Waals surface area contributed by atoms with Crippen LogP contribution in [0.25, 0.3) is 11.5 Å². The van der Waals surface area contributed by atoms with Gasteiger partial charge in [-0.25, -0.2) is 4.79 Å². The Morgan fingerprint density at radius 1 is 1.12 bits per heavy atom. The summed E-state index contributed by atoms with van der Waals surface area (Å²) in [4.78, 5) is 10.4. The Morgan fingerprint density at radius 2 is 1.73 bits per heavy atom. The molecule has 1 aromatic carbocycles. The fourth-order valence-electron chi connectivity index (χ4n) is 2.51. The summed E-state index contributed by atoms with van der Waals surface area (Å²) in [6, 6.07) is 7.56. The van der Waals surface area contributed by atoms with Gasteiger partial charge in [-0.2, -0.15) is 0 Å². The van der Waals surface area contributed by atoms with E-state index >= 15 is 0 Å². The van der Waals surface area contributed by atoms with E-state index in [1.165, 1.54) is 0 Å². The number of hydrogen-bond acceptors (Lipinski definition) is 6. The second-order valence-corrected chi connectivity index (χ2v) is 7.19. The van der Waals surface area contributed by atoms with E-state index in [9.17, 15) is 4.79 Å². The first kappa shape index (κ1) is 18.4. The summed E-state index contributed by atoms with van der Waals surface area (Å²) in [5, 5.41) is 18.7. The van der Waals surface area contributed by atoms with Crippen LogP contribution in [0.4, 0.5) is 4.79 Å². The van der Waals surface area contributed by atoms with Crippen molar-refractivity contribution < 1.29 is 23.6 Å². The normalized spacial score (nSPS) is 18.1. The minimum Gasteiger partial charge on any atom is -0.465 e. The molecule has 9 heteroatoms. The standard InChI is InChI=1S/C17H22BN3O5/c1-16(2)17(3,4)26-18(25-16)12-7-5-11(6-8-12)14-21-20-13(24-14)9-10-19-15(22)23/h5-8,19H,9-10H2,1-4H3,(H,22,23). The molecular formula is C17H22BN3O5. The maximum atomic E-state index is 10.4. The molecule has 1 aliphatic heterocycles. The van der Waals surface area contributed by atoms with Crippen molar-refractivity contribution in [1.82, 2.24) is 15.5 Å². The lowest BCUT2D eigenvalue weighted by Crippen LogP contribution is -2.41. The van der Waals surface area contributed by atoms with Crippen LogP contribution in [0, 0.1) is 0 Å². The Bertz CT molecular complexity index is 772. The molecule has 8 nitrogen and oxygen atoms in total. The molecule has 0 bridgehead atoms. The molecule has 0 radical (unpaired) electrons. The van der Waals surface area contributed by atoms with Crippen LogP contribution in [0.5, 0.6) is 0 Å². The lowest BCUT2D eigenvalue weighted by molar-refractivity contribution is 0.00578. The SMILES string of the molecule is CC1(C)OB(c2ccc(-c3nnc(CCNC(=O)O)o3)cc2)OC1(C)C. The number of carbonyl (C=O) groups is 1. The van der Waals surface area contributed by atoms with Crippen LogP contribution < -0.4 is 10.8 Å². The van der Waals surface area contributed by atoms with Crippen molar-refractivity contribution in [3.8, 4) is 11.5 Å². The van der Waals surface area contributed by atoms with Gasteiger partial charge in [0.2, 0.25) is 11.8 Å². The van der Waals surface area contributed by atoms with Crippen molar-refractivity contribution in [2.24, 2.45) is 0 Å². The van der Waals surface area contributed by atoms with Crippen LogP contribution >= 0.6 is 0 Å². The monoisotopic (exact) mass is 359 g/mol. The van der Waals surface area contributed by atoms with E-state index in [2.05, 4.69) is 15.5 Å². The van der Waals surface area contributed by atoms with Crippen LogP contribution in [0.1, 0.15) is 33.6 Å². The average molecular weight is 359 g/mol. The molecule has 1 saturated heterocycles. The van der Waals surface area contributed by atoms with Gasteiger partial charge < -0.3 is 24.1 Å². The largest absolute Gasteiger partial charge is 0.494 e. The summed E-state index contributed by atoms with van der Waals surface area (Å²) in [6.45, 7) is 8.28. The zero-order chi connectivity index (χ0) is 18.9. The third-order valence-corrected chi connectivity index (χ3v) is 4.76. The number of benzene rings is 1. The quantitative estimate of drug-likeness (QED) is 0.785. The number of amides is 1. The number of aromatic nitrogens is 2. The molecule has 2 aromatic rings. The summed E-state index contributed by atoms with van der Waals surface area (Å²) >= 11 is 0. The number of hydrogen-bond donors (Lipinski definition) is 2. The number of nitrogens with zero attached hydrogens (tertiary/aromatic N) is 2. The van der Waals surface area contributed by atoms with Gasteiger partial charge in [0, 0.05) is 18.5 Å². The van der Waals surface area contributed by atoms with Gasteiger partial charge in [0.15, 0.2) is 0 Å². The molecule has 1 aliphatic rings. The first-order valence-corrected chi connectivity index (χ1v) is 8.43. The van der Waals surface area contributed by atoms with Crippen LogP contribution in [-0.2, 0) is 15.7 Å². The molecule has 1 fully saturated rings. The lowest BCUT2D eigenvalue weighted by Gasteiger charge is -2.32. The van der Waals surface area contributed by atoms with Crippen LogP contribution in [0.15, 0.2) is 28.7 Å². The lowest BCUT2D eigenvalue weighted by atomic mass is 9.79. The molecule has 1 amide bonds. The topological polar surface area (TPSA) is 107 Å². The van der Waals surface area contributed by atoms with Gasteiger partial charge in [-0.1, -0.05) is 12.1 Å². The molecule has 0 unspecified atom stereocenters. The van der Waals surface area contributed by atoms with Crippen molar-refractivity contribution in [2.75, 3.05) is 6.54 Å². The van der Waals surface area contributed by atoms with Gasteiger partial charge in [-0.05, 0) is 45.3 Å². The molecule has 0 saturated carbocycles. The number of carboxylic acid groups (broad SMARTS) is 1. The Labute approximate surface area is 152 Å². The highest BCUT2D eigenvalue weighted by atomic mass is 16.7. The second kappa shape index (κ2) is 6.73. The molecule has 138 valence electrons. The first-order valence-electron chi connectivity index (χ1n) is 8.43. The van der Waals surface area contributed by atoms with Crippen molar-refractivity contribution in [3.05, 3.63) is 30.2 Å². The Morgan fingerprint density at radius 3 is 2.31 bits per heavy atom. The fraction of sp³-hybridized carbons (Fsp3) is 0.471. The number of nitrogens with one attached hydrogen (secondary N) is 1. The van der Waals surface area contributed by atoms with Crippen molar-refractivity contribution >= 4 is 18.7 Å². The van der Waals surface area contributed by atoms with E-state index in [4.69, 9.17) is 18.8 Å². The molecule has 1 aromatic heterocycles. The predicted molar refractivity (Wildman–Crippen MR) is 95.2 cm³/mol. The minimum absolute atomic E-state index is 0.220. The Hall–Kier alpha value is -2.39. The fourth-order valence-corrected chi connectivity index (χ4v) is 2.51. The minimum atomic E-state index is -1.08. The van der Waals surface area contributed by atoms with Gasteiger partial charge in [0.25, 0.3) is 0 Å². The highest BCUT2D eigenvalue weighted by Gasteiger charge is 2.51. The van der Waals surface area contributed by atoms with E-state index < -0.39 is 13.2 Å². The summed E-state index contributed by atoms with van der Waals surface area (Å²) in [5.41, 5.74) is 0.914. The van der Waals surface area contributed by atoms with E-state index in [1.807, 2.05) is 52.0 Å². The van der Waals surface area contributed by atoms with Gasteiger partial charge in [0.1, 0.15) is 0 Å². The molecule has 0 aliphatic carbocycles. The summed E-state index contributed by atoms with van der Waals surface area (Å²) < 4.78 is 17.6. The number of rotatable bonds is 5. The first-order chi connectivity index (χ1) is 12.2. The second-order valence-electron chi connectivity index (χ2n) is 7.19. The van der Waals surface area contributed by atoms with Gasteiger partial charge >= 0.3 is 13.2 Å². The molecule has 0 spiro atoms. The summed E-state index contributed by atoms with van der Waals surface area (Å²) in [7, 11) is -0.422. The molecule has 2 heterocycles. The highest BCUT2D eigenvalue weighted by Crippen LogP contribution is 2.36. The van der Waals surface area contributed by atoms with Crippen LogP contribution in [0.3, 0.4) is 0 Å². The molecule has 26 heavy (non-hydrogen) atoms. The molecule has 3 rings (SSSR count). The smallest absolute Gasteiger partial charge is 0.465 e. The summed E-state index contributed by atoms with van der Waals surface area (Å²) in [6.07, 6.45) is -0.742. The third-order valence-electron chi connectivity index (χ3n) is 4.76. The summed E-state index contributed by atoms with van der Waals surface area (Å²) in [5.74, 6) is 0.763.